The van der Waals surface area contributed by atoms with E-state index in [-0.39, 0.29) is 52.2 Å². The first kappa shape index (κ1) is 49.9. The van der Waals surface area contributed by atoms with Gasteiger partial charge in [-0.15, -0.1) is 0 Å². The topological polar surface area (TPSA) is 236 Å². The molecule has 19 nitrogen and oxygen atoms in total. The lowest BCUT2D eigenvalue weighted by atomic mass is 9.62. The third kappa shape index (κ3) is 10.8. The van der Waals surface area contributed by atoms with Crippen LogP contribution in [-0.4, -0.2) is 104 Å². The second-order valence-electron chi connectivity index (χ2n) is 20.4. The van der Waals surface area contributed by atoms with Crippen LogP contribution in [0.15, 0.2) is 74.9 Å². The van der Waals surface area contributed by atoms with E-state index < -0.39 is 0 Å². The Morgan fingerprint density at radius 3 is 1.67 bits per heavy atom. The van der Waals surface area contributed by atoms with E-state index in [1.54, 1.807) is 25.4 Å². The minimum atomic E-state index is -0.0304. The Bertz CT molecular complexity index is 3250. The van der Waals surface area contributed by atoms with E-state index in [9.17, 15) is 4.79 Å². The molecule has 7 aromatic rings. The number of rotatable bonds is 12. The van der Waals surface area contributed by atoms with Gasteiger partial charge >= 0.3 is 0 Å². The Morgan fingerprint density at radius 1 is 0.671 bits per heavy atom. The van der Waals surface area contributed by atoms with Gasteiger partial charge in [-0.05, 0) is 138 Å². The Kier molecular flexibility index (Phi) is 13.3. The summed E-state index contributed by atoms with van der Waals surface area (Å²) in [7, 11) is 1.58. The number of ether oxygens (including phenoxy) is 6. The number of hydrogen-bond acceptors (Lipinski definition) is 17. The van der Waals surface area contributed by atoms with Crippen molar-refractivity contribution in [3.05, 3.63) is 103 Å². The number of benzene rings is 1. The van der Waals surface area contributed by atoms with Gasteiger partial charge < -0.3 is 39.9 Å². The van der Waals surface area contributed by atoms with E-state index in [4.69, 9.17) is 66.4 Å². The summed E-state index contributed by atoms with van der Waals surface area (Å²) in [5, 5.41) is 0.336. The molecule has 5 aliphatic carbocycles. The van der Waals surface area contributed by atoms with Gasteiger partial charge in [-0.2, -0.15) is 15.0 Å². The van der Waals surface area contributed by atoms with E-state index in [0.717, 1.165) is 96.7 Å². The Morgan fingerprint density at radius 2 is 1.16 bits per heavy atom. The van der Waals surface area contributed by atoms with Crippen molar-refractivity contribution in [1.82, 2.24) is 48.7 Å². The van der Waals surface area contributed by atoms with Gasteiger partial charge in [0.1, 0.15) is 29.2 Å². The van der Waals surface area contributed by atoms with Crippen molar-refractivity contribution >= 4 is 88.6 Å². The van der Waals surface area contributed by atoms with E-state index >= 15 is 0 Å². The Labute approximate surface area is 450 Å². The van der Waals surface area contributed by atoms with Crippen LogP contribution >= 0.6 is 59.4 Å². The molecule has 0 spiro atoms. The third-order valence-electron chi connectivity index (χ3n) is 13.8. The van der Waals surface area contributed by atoms with E-state index in [1.165, 1.54) is 6.20 Å². The molecule has 9 aliphatic rings. The van der Waals surface area contributed by atoms with Gasteiger partial charge in [0.25, 0.3) is 0 Å². The van der Waals surface area contributed by atoms with Gasteiger partial charge in [0.15, 0.2) is 5.78 Å². The monoisotopic (exact) mass is 1200 g/mol. The number of aromatic nitrogens is 10. The average molecular weight is 1210 g/mol. The molecule has 4 saturated heterocycles. The van der Waals surface area contributed by atoms with Crippen molar-refractivity contribution in [3.8, 4) is 23.4 Å². The molecule has 73 heavy (non-hydrogen) atoms. The second-order valence-corrected chi connectivity index (χ2v) is 23.3. The summed E-state index contributed by atoms with van der Waals surface area (Å²) < 4.78 is 40.7. The van der Waals surface area contributed by atoms with Gasteiger partial charge in [0.05, 0.1) is 68.1 Å². The van der Waals surface area contributed by atoms with Crippen LogP contribution in [0.25, 0.3) is 11.6 Å². The summed E-state index contributed by atoms with van der Waals surface area (Å²) in [6.07, 6.45) is 22.8. The molecule has 1 aromatic carbocycles. The number of carbonyl (C=O) groups is 1. The number of imidazole rings is 2. The predicted molar refractivity (Wildman–Crippen MR) is 279 cm³/mol. The molecule has 10 heterocycles. The summed E-state index contributed by atoms with van der Waals surface area (Å²) in [6.45, 7) is 5.83. The zero-order chi connectivity index (χ0) is 50.9. The molecule has 0 atom stereocenters. The molecule has 0 unspecified atom stereocenters. The molecule has 5 saturated carbocycles. The van der Waals surface area contributed by atoms with Crippen LogP contribution < -0.4 is 30.4 Å². The Hall–Kier alpha value is -5.26. The number of ketones is 1. The Balaban J connectivity index is 0.000000117. The molecule has 23 heteroatoms. The number of halogens is 4. The molecule has 9 fully saturated rings. The number of anilines is 2. The lowest BCUT2D eigenvalue weighted by Crippen LogP contribution is -2.45. The number of nitrogens with two attached hydrogens (primary N) is 2. The highest BCUT2D eigenvalue weighted by Gasteiger charge is 2.62. The van der Waals surface area contributed by atoms with Gasteiger partial charge in [-0.1, -0.05) is 23.7 Å². The summed E-state index contributed by atoms with van der Waals surface area (Å²) in [6, 6.07) is 7.29. The predicted octanol–water partition coefficient (Wildman–Crippen LogP) is 9.22. The van der Waals surface area contributed by atoms with Crippen LogP contribution in [0, 0.1) is 0 Å². The number of carbonyl (C=O) groups excluding carboxylic acids is 1. The van der Waals surface area contributed by atoms with Crippen molar-refractivity contribution in [2.45, 2.75) is 125 Å². The lowest BCUT2D eigenvalue weighted by Gasteiger charge is -2.41. The van der Waals surface area contributed by atoms with E-state index in [0.29, 0.717) is 68.9 Å². The number of para-hydroxylation sites is 1. The van der Waals surface area contributed by atoms with Crippen molar-refractivity contribution in [1.29, 1.82) is 0 Å². The number of nitrogen functional groups attached to an aromatic ring is 2. The number of Topliss-reactive ketones (excluding diaryl/α,β-unsaturated/α-hetero) is 1. The maximum Gasteiger partial charge on any atom is 0.237 e. The normalized spacial score (nSPS) is 25.0. The van der Waals surface area contributed by atoms with Crippen LogP contribution in [0.5, 0.6) is 23.4 Å². The maximum absolute atomic E-state index is 13.1. The number of methoxy groups -OCH3 is 1. The smallest absolute Gasteiger partial charge is 0.237 e. The van der Waals surface area contributed by atoms with E-state index in [1.807, 2.05) is 39.5 Å². The van der Waals surface area contributed by atoms with Crippen molar-refractivity contribution in [2.75, 3.05) is 31.8 Å². The molecule has 4 bridgehead atoms. The van der Waals surface area contributed by atoms with Crippen molar-refractivity contribution < 1.29 is 33.2 Å². The fourth-order valence-corrected chi connectivity index (χ4v) is 10.9. The fraction of sp³-hybridized carbons (Fsp3) is 0.460. The van der Waals surface area contributed by atoms with Gasteiger partial charge in [0.2, 0.25) is 41.1 Å². The van der Waals surface area contributed by atoms with Crippen LogP contribution in [0.1, 0.15) is 105 Å². The highest BCUT2D eigenvalue weighted by Crippen LogP contribution is 2.59. The minimum absolute atomic E-state index is 0.00417. The number of fused-ring (bicyclic) bond motifs is 4. The highest BCUT2D eigenvalue weighted by molar-refractivity contribution is 9.11. The lowest BCUT2D eigenvalue weighted by molar-refractivity contribution is 0.0151. The van der Waals surface area contributed by atoms with Crippen LogP contribution in [-0.2, 0) is 26.7 Å². The summed E-state index contributed by atoms with van der Waals surface area (Å²) in [5.74, 6) is 3.99. The first-order valence-corrected chi connectivity index (χ1v) is 26.8. The first-order valence-electron chi connectivity index (χ1n) is 24.1. The molecule has 382 valence electrons. The van der Waals surface area contributed by atoms with Gasteiger partial charge in [-0.3, -0.25) is 13.6 Å². The summed E-state index contributed by atoms with van der Waals surface area (Å²) >= 11 is 15.5. The maximum atomic E-state index is 13.1. The standard InChI is InChI=1S/C24H25N3O4.C15H16BrN3O2.C7H8BrN3O.C4H3BrClN3/c1-23-12-24(13-23,14-30-23)20-11-27-10-15(21(26-22(27)25-20)31-16-7-8-16)9-18(28)17-5-3-4-6-19(17)29-2;1-14-6-15(7-14,8-20-14)11-5-19-4-10(16)12(18-13(19)17-11)21-9-2-3-9;8-5-3-10-7(9)11-6(5)12-4-1-2-4;5-2-1-8-4(7)9-3(2)6/h3-6,10-11,16H,7-9,12-14H2,1-2H3;4-5,9H,2-3,6-8H2,1H3;3-4H,1-2H2,(H2,9,10,11);1H,(H2,7,8,9). The zero-order valence-corrected chi connectivity index (χ0v) is 45.7. The fourth-order valence-electron chi connectivity index (χ4n) is 9.93. The largest absolute Gasteiger partial charge is 0.496 e. The van der Waals surface area contributed by atoms with Crippen molar-refractivity contribution in [3.63, 3.8) is 0 Å². The van der Waals surface area contributed by atoms with Gasteiger partial charge in [-0.25, -0.2) is 24.9 Å². The van der Waals surface area contributed by atoms with E-state index in [2.05, 4.69) is 92.8 Å². The SMILES string of the molecule is CC12CC(c3cn4cc(Br)c(OC5CC5)nc4n3)(CO1)C2.COc1ccccc1C(=O)Cc1cn2cc(C34COC(C)(C3)C4)nc2nc1OC1CC1.Nc1ncc(Br)c(Cl)n1.Nc1ncc(Br)c(OC2CC2)n1. The minimum Gasteiger partial charge on any atom is -0.496 e. The highest BCUT2D eigenvalue weighted by atomic mass is 79.9. The number of nitrogens with zero attached hydrogens (tertiary/aromatic N) is 10. The van der Waals surface area contributed by atoms with Crippen LogP contribution in [0.4, 0.5) is 11.9 Å². The second kappa shape index (κ2) is 19.5. The molecular weight excluding hydrogens is 1160 g/mol. The quantitative estimate of drug-likeness (QED) is 0.0856. The molecule has 0 amide bonds. The van der Waals surface area contributed by atoms with Crippen LogP contribution in [0.2, 0.25) is 5.15 Å². The zero-order valence-electron chi connectivity index (χ0n) is 40.2. The first-order chi connectivity index (χ1) is 35.0. The van der Waals surface area contributed by atoms with Crippen LogP contribution in [0.3, 0.4) is 0 Å². The summed E-state index contributed by atoms with van der Waals surface area (Å²) in [4.78, 5) is 47.0. The molecule has 16 rings (SSSR count). The molecule has 4 aliphatic heterocycles. The van der Waals surface area contributed by atoms with Crippen molar-refractivity contribution in [2.24, 2.45) is 0 Å². The number of hydrogen-bond donors (Lipinski definition) is 2. The van der Waals surface area contributed by atoms with Gasteiger partial charge in [0, 0.05) is 53.8 Å². The average Bonchev–Trinajstić information content (AvgIpc) is 4.30. The summed E-state index contributed by atoms with van der Waals surface area (Å²) in [5.41, 5.74) is 14.2. The molecule has 0 radical (unpaired) electrons. The molecule has 6 aromatic heterocycles. The molecular formula is C50H52Br3ClN12O7. The third-order valence-corrected chi connectivity index (χ3v) is 16.0. The molecule has 4 N–H and O–H groups in total.